The van der Waals surface area contributed by atoms with E-state index in [2.05, 4.69) is 15.3 Å². The molecule has 0 saturated carbocycles. The summed E-state index contributed by atoms with van der Waals surface area (Å²) in [5.41, 5.74) is -1.29. The van der Waals surface area contributed by atoms with E-state index >= 15 is 0 Å². The topological polar surface area (TPSA) is 137 Å². The molecule has 2 fully saturated rings. The van der Waals surface area contributed by atoms with Gasteiger partial charge in [-0.3, -0.25) is 4.79 Å². The van der Waals surface area contributed by atoms with Gasteiger partial charge in [0.25, 0.3) is 0 Å². The Balaban J connectivity index is 1.72. The summed E-state index contributed by atoms with van der Waals surface area (Å²) in [6.07, 6.45) is 3.00. The molecule has 38 heavy (non-hydrogen) atoms. The van der Waals surface area contributed by atoms with Crippen LogP contribution in [-0.4, -0.2) is 83.6 Å². The molecule has 3 rings (SSSR count). The van der Waals surface area contributed by atoms with Crippen molar-refractivity contribution in [3.8, 4) is 0 Å². The Morgan fingerprint density at radius 2 is 1.68 bits per heavy atom. The van der Waals surface area contributed by atoms with Crippen LogP contribution in [0, 0.1) is 5.92 Å². The van der Waals surface area contributed by atoms with E-state index in [-0.39, 0.29) is 23.5 Å². The van der Waals surface area contributed by atoms with Crippen LogP contribution in [0.3, 0.4) is 0 Å². The fourth-order valence-electron chi connectivity index (χ4n) is 4.26. The molecular weight excluding hydrogens is 511 g/mol. The van der Waals surface area contributed by atoms with Gasteiger partial charge in [0.05, 0.1) is 16.5 Å². The number of hydrogen-bond donors (Lipinski definition) is 1. The number of hydrogen-bond acceptors (Lipinski definition) is 9. The van der Waals surface area contributed by atoms with E-state index in [1.165, 1.54) is 17.3 Å². The van der Waals surface area contributed by atoms with Gasteiger partial charge in [-0.05, 0) is 67.2 Å². The highest BCUT2D eigenvalue weighted by Gasteiger charge is 2.52. The number of amides is 2. The second kappa shape index (κ2) is 10.7. The molecule has 2 saturated heterocycles. The number of likely N-dealkylation sites (tertiary alicyclic amines) is 1. The largest absolute Gasteiger partial charge is 0.498 e. The maximum atomic E-state index is 13.4. The Kier molecular flexibility index (Phi) is 8.55. The van der Waals surface area contributed by atoms with E-state index in [4.69, 9.17) is 14.0 Å². The third-order valence-corrected chi connectivity index (χ3v) is 9.14. The second-order valence-corrected chi connectivity index (χ2v) is 14.5. The van der Waals surface area contributed by atoms with Crippen LogP contribution in [0.15, 0.2) is 17.6 Å². The fourth-order valence-corrected chi connectivity index (χ4v) is 5.81. The van der Waals surface area contributed by atoms with E-state index in [9.17, 15) is 18.0 Å². The van der Waals surface area contributed by atoms with Gasteiger partial charge in [0, 0.05) is 30.9 Å². The molecule has 11 nitrogen and oxygen atoms in total. The quantitative estimate of drug-likeness (QED) is 0.415. The van der Waals surface area contributed by atoms with Crippen LogP contribution in [0.1, 0.15) is 75.2 Å². The molecule has 2 amide bonds. The lowest BCUT2D eigenvalue weighted by Gasteiger charge is -2.35. The van der Waals surface area contributed by atoms with E-state index in [0.29, 0.717) is 24.8 Å². The number of carbonyl (C=O) groups excluding carboxylic acids is 2. The SMILES string of the molecule is CC(C)C(NC(=O)OC(C)(C)C)C(=O)N1CCC[C@@H](S(=O)(=O)c2ncc(B3OC(C)(C)C(C)(C)O3)cn2)C1. The minimum absolute atomic E-state index is 0.0112. The molecule has 1 aromatic heterocycles. The zero-order valence-corrected chi connectivity index (χ0v) is 24.7. The zero-order chi connectivity index (χ0) is 28.7. The molecule has 2 aliphatic heterocycles. The Morgan fingerprint density at radius 1 is 1.13 bits per heavy atom. The Hall–Kier alpha value is -2.25. The van der Waals surface area contributed by atoms with Gasteiger partial charge in [-0.15, -0.1) is 0 Å². The Labute approximate surface area is 226 Å². The number of carbonyl (C=O) groups is 2. The van der Waals surface area contributed by atoms with Crippen LogP contribution in [0.25, 0.3) is 0 Å². The lowest BCUT2D eigenvalue weighted by atomic mass is 9.81. The van der Waals surface area contributed by atoms with Crippen molar-refractivity contribution in [1.82, 2.24) is 20.2 Å². The van der Waals surface area contributed by atoms with Crippen molar-refractivity contribution in [2.24, 2.45) is 5.92 Å². The summed E-state index contributed by atoms with van der Waals surface area (Å²) >= 11 is 0. The average molecular weight is 553 g/mol. The molecule has 1 unspecified atom stereocenters. The van der Waals surface area contributed by atoms with E-state index in [0.717, 1.165) is 0 Å². The smallest absolute Gasteiger partial charge is 0.444 e. The minimum atomic E-state index is -3.92. The zero-order valence-electron chi connectivity index (χ0n) is 23.9. The Morgan fingerprint density at radius 3 is 2.18 bits per heavy atom. The van der Waals surface area contributed by atoms with Crippen LogP contribution in [0.5, 0.6) is 0 Å². The van der Waals surface area contributed by atoms with Crippen molar-refractivity contribution in [3.05, 3.63) is 12.4 Å². The lowest BCUT2D eigenvalue weighted by molar-refractivity contribution is -0.135. The first-order chi connectivity index (χ1) is 17.3. The molecule has 0 aromatic carbocycles. The van der Waals surface area contributed by atoms with Gasteiger partial charge in [-0.2, -0.15) is 0 Å². The first kappa shape index (κ1) is 30.3. The highest BCUT2D eigenvalue weighted by atomic mass is 32.2. The number of sulfone groups is 1. The van der Waals surface area contributed by atoms with E-state index in [1.54, 1.807) is 20.8 Å². The number of nitrogens with one attached hydrogen (secondary N) is 1. The molecule has 1 N–H and O–H groups in total. The number of piperidine rings is 1. The number of rotatable bonds is 6. The molecule has 13 heteroatoms. The van der Waals surface area contributed by atoms with Crippen LogP contribution in [0.4, 0.5) is 4.79 Å². The van der Waals surface area contributed by atoms with Gasteiger partial charge in [-0.25, -0.2) is 23.2 Å². The second-order valence-electron chi connectivity index (χ2n) is 12.3. The van der Waals surface area contributed by atoms with Crippen molar-refractivity contribution in [2.75, 3.05) is 13.1 Å². The van der Waals surface area contributed by atoms with Gasteiger partial charge in [0.1, 0.15) is 11.6 Å². The number of aromatic nitrogens is 2. The third-order valence-electron chi connectivity index (χ3n) is 7.16. The summed E-state index contributed by atoms with van der Waals surface area (Å²) in [7, 11) is -4.62. The van der Waals surface area contributed by atoms with Crippen molar-refractivity contribution in [2.45, 2.75) is 108 Å². The summed E-state index contributed by atoms with van der Waals surface area (Å²) in [5.74, 6) is -0.569. The molecule has 1 aromatic rings. The Bertz CT molecular complexity index is 1120. The van der Waals surface area contributed by atoms with Crippen LogP contribution >= 0.6 is 0 Å². The average Bonchev–Trinajstić information content (AvgIpc) is 3.02. The fraction of sp³-hybridized carbons (Fsp3) is 0.760. The molecular formula is C25H41BN4O7S. The molecule has 2 atom stereocenters. The van der Waals surface area contributed by atoms with Crippen LogP contribution in [-0.2, 0) is 28.7 Å². The van der Waals surface area contributed by atoms with E-state index in [1.807, 2.05) is 41.5 Å². The minimum Gasteiger partial charge on any atom is -0.444 e. The van der Waals surface area contributed by atoms with Gasteiger partial charge in [-0.1, -0.05) is 13.8 Å². The van der Waals surface area contributed by atoms with Gasteiger partial charge in [0.2, 0.25) is 20.9 Å². The van der Waals surface area contributed by atoms with Gasteiger partial charge < -0.3 is 24.3 Å². The molecule has 2 aliphatic rings. The molecule has 3 heterocycles. The standard InChI is InChI=1S/C25H41BN4O7S/c1-16(2)19(29-22(32)35-23(3,4)5)20(31)30-12-10-11-18(15-30)38(33,34)21-27-13-17(14-28-21)26-36-24(6,7)25(8,9)37-26/h13-14,16,18-19H,10-12,15H2,1-9H3,(H,29,32)/t18-,19?/m1/s1. The normalized spacial score (nSPS) is 22.3. The molecule has 0 bridgehead atoms. The molecule has 0 aliphatic carbocycles. The maximum absolute atomic E-state index is 13.4. The van der Waals surface area contributed by atoms with Crippen molar-refractivity contribution < 1.29 is 32.1 Å². The van der Waals surface area contributed by atoms with Gasteiger partial charge in [0.15, 0.2) is 0 Å². The number of ether oxygens (including phenoxy) is 1. The van der Waals surface area contributed by atoms with Crippen molar-refractivity contribution in [1.29, 1.82) is 0 Å². The summed E-state index contributed by atoms with van der Waals surface area (Å²) < 4.78 is 44.1. The summed E-state index contributed by atoms with van der Waals surface area (Å²) in [6, 6.07) is -0.846. The third kappa shape index (κ3) is 6.66. The number of alkyl carbamates (subject to hydrolysis) is 1. The highest BCUT2D eigenvalue weighted by Crippen LogP contribution is 2.36. The van der Waals surface area contributed by atoms with Crippen molar-refractivity contribution in [3.63, 3.8) is 0 Å². The first-order valence-electron chi connectivity index (χ1n) is 13.0. The van der Waals surface area contributed by atoms with Crippen LogP contribution < -0.4 is 10.8 Å². The molecule has 212 valence electrons. The molecule has 0 spiro atoms. The van der Waals surface area contributed by atoms with Crippen LogP contribution in [0.2, 0.25) is 0 Å². The van der Waals surface area contributed by atoms with Crippen molar-refractivity contribution >= 4 is 34.4 Å². The highest BCUT2D eigenvalue weighted by molar-refractivity contribution is 7.91. The predicted molar refractivity (Wildman–Crippen MR) is 143 cm³/mol. The van der Waals surface area contributed by atoms with E-state index < -0.39 is 51.1 Å². The van der Waals surface area contributed by atoms with Gasteiger partial charge >= 0.3 is 13.2 Å². The summed E-state index contributed by atoms with van der Waals surface area (Å²) in [4.78, 5) is 35.4. The summed E-state index contributed by atoms with van der Waals surface area (Å²) in [5, 5.41) is 1.48. The monoisotopic (exact) mass is 552 g/mol. The number of nitrogens with zero attached hydrogens (tertiary/aromatic N) is 3. The summed E-state index contributed by atoms with van der Waals surface area (Å²) in [6.45, 7) is 16.9. The lowest BCUT2D eigenvalue weighted by Crippen LogP contribution is -2.55. The maximum Gasteiger partial charge on any atom is 0.498 e. The predicted octanol–water partition coefficient (Wildman–Crippen LogP) is 2.09. The first-order valence-corrected chi connectivity index (χ1v) is 14.6. The molecule has 0 radical (unpaired) electrons.